The Bertz CT molecular complexity index is 725. The second-order valence-electron chi connectivity index (χ2n) is 7.40. The Balaban J connectivity index is 1.70. The number of halogens is 1. The Morgan fingerprint density at radius 1 is 0.963 bits per heavy atom. The first-order valence-corrected chi connectivity index (χ1v) is 9.97. The maximum Gasteiger partial charge on any atom is 0.234 e. The standard InChI is InChI=1S/C22H28ClN3O/c1-17(2)24-21(27)16-25-12-14-26(15-13-25)22(18-6-4-3-5-7-18)19-8-10-20(23)11-9-19/h3-11,17,22H,12-16H2,1-2H3,(H,24,27)/t22-/m0/s1. The first-order chi connectivity index (χ1) is 13.0. The van der Waals surface area contributed by atoms with Gasteiger partial charge in [0.25, 0.3) is 0 Å². The lowest BCUT2D eigenvalue weighted by atomic mass is 9.96. The number of carbonyl (C=O) groups is 1. The second kappa shape index (κ2) is 9.36. The van der Waals surface area contributed by atoms with Gasteiger partial charge < -0.3 is 5.32 Å². The molecule has 1 N–H and O–H groups in total. The van der Waals surface area contributed by atoms with Gasteiger partial charge in [0.2, 0.25) is 5.91 Å². The molecule has 144 valence electrons. The summed E-state index contributed by atoms with van der Waals surface area (Å²) in [5.74, 6) is 0.107. The van der Waals surface area contributed by atoms with Gasteiger partial charge >= 0.3 is 0 Å². The van der Waals surface area contributed by atoms with E-state index in [0.29, 0.717) is 6.54 Å². The van der Waals surface area contributed by atoms with Crippen LogP contribution in [0.15, 0.2) is 54.6 Å². The van der Waals surface area contributed by atoms with Gasteiger partial charge in [0.15, 0.2) is 0 Å². The van der Waals surface area contributed by atoms with Crippen LogP contribution in [-0.4, -0.2) is 54.5 Å². The van der Waals surface area contributed by atoms with Gasteiger partial charge in [-0.1, -0.05) is 54.1 Å². The third-order valence-corrected chi connectivity index (χ3v) is 5.14. The van der Waals surface area contributed by atoms with Gasteiger partial charge in [-0.2, -0.15) is 0 Å². The molecule has 0 aliphatic carbocycles. The molecule has 27 heavy (non-hydrogen) atoms. The van der Waals surface area contributed by atoms with Gasteiger partial charge in [-0.15, -0.1) is 0 Å². The van der Waals surface area contributed by atoms with E-state index in [1.165, 1.54) is 11.1 Å². The molecule has 1 aliphatic heterocycles. The number of amides is 1. The number of rotatable bonds is 6. The fraction of sp³-hybridized carbons (Fsp3) is 0.409. The summed E-state index contributed by atoms with van der Waals surface area (Å²) in [5, 5.41) is 3.73. The van der Waals surface area contributed by atoms with Crippen LogP contribution < -0.4 is 5.32 Å². The van der Waals surface area contributed by atoms with Crippen molar-refractivity contribution in [2.75, 3.05) is 32.7 Å². The largest absolute Gasteiger partial charge is 0.353 e. The fourth-order valence-electron chi connectivity index (χ4n) is 3.64. The van der Waals surface area contributed by atoms with Gasteiger partial charge in [0.05, 0.1) is 12.6 Å². The Kier molecular flexibility index (Phi) is 6.89. The average molecular weight is 386 g/mol. The number of benzene rings is 2. The van der Waals surface area contributed by atoms with Gasteiger partial charge in [-0.05, 0) is 37.1 Å². The summed E-state index contributed by atoms with van der Waals surface area (Å²) in [6, 6.07) is 19.1. The van der Waals surface area contributed by atoms with Crippen molar-refractivity contribution >= 4 is 17.5 Å². The molecule has 1 atom stereocenters. The summed E-state index contributed by atoms with van der Waals surface area (Å²) < 4.78 is 0. The number of hydrogen-bond donors (Lipinski definition) is 1. The van der Waals surface area contributed by atoms with Crippen molar-refractivity contribution in [2.45, 2.75) is 25.9 Å². The number of nitrogens with zero attached hydrogens (tertiary/aromatic N) is 2. The second-order valence-corrected chi connectivity index (χ2v) is 7.84. The first-order valence-electron chi connectivity index (χ1n) is 9.59. The summed E-state index contributed by atoms with van der Waals surface area (Å²) in [6.45, 7) is 8.10. The van der Waals surface area contributed by atoms with E-state index in [-0.39, 0.29) is 18.0 Å². The van der Waals surface area contributed by atoms with Crippen LogP contribution in [0.2, 0.25) is 5.02 Å². The molecule has 0 bridgehead atoms. The Morgan fingerprint density at radius 2 is 1.56 bits per heavy atom. The molecule has 3 rings (SSSR count). The molecule has 5 heteroatoms. The van der Waals surface area contributed by atoms with E-state index in [2.05, 4.69) is 51.5 Å². The summed E-state index contributed by atoms with van der Waals surface area (Å²) in [4.78, 5) is 16.8. The monoisotopic (exact) mass is 385 g/mol. The van der Waals surface area contributed by atoms with Crippen LogP contribution >= 0.6 is 11.6 Å². The predicted octanol–water partition coefficient (Wildman–Crippen LogP) is 3.57. The van der Waals surface area contributed by atoms with Crippen molar-refractivity contribution in [1.82, 2.24) is 15.1 Å². The zero-order chi connectivity index (χ0) is 19.2. The number of hydrogen-bond acceptors (Lipinski definition) is 3. The average Bonchev–Trinajstić information content (AvgIpc) is 2.65. The highest BCUT2D eigenvalue weighted by Gasteiger charge is 2.27. The molecule has 1 amide bonds. The molecular formula is C22H28ClN3O. The zero-order valence-electron chi connectivity index (χ0n) is 16.1. The van der Waals surface area contributed by atoms with E-state index in [9.17, 15) is 4.79 Å². The molecule has 0 spiro atoms. The lowest BCUT2D eigenvalue weighted by Gasteiger charge is -2.39. The predicted molar refractivity (Wildman–Crippen MR) is 111 cm³/mol. The number of carbonyl (C=O) groups excluding carboxylic acids is 1. The maximum atomic E-state index is 12.0. The third kappa shape index (κ3) is 5.55. The molecule has 0 unspecified atom stereocenters. The summed E-state index contributed by atoms with van der Waals surface area (Å²) in [7, 11) is 0. The smallest absolute Gasteiger partial charge is 0.234 e. The highest BCUT2D eigenvalue weighted by atomic mass is 35.5. The topological polar surface area (TPSA) is 35.6 Å². The molecule has 0 radical (unpaired) electrons. The van der Waals surface area contributed by atoms with Crippen LogP contribution in [0.5, 0.6) is 0 Å². The molecule has 1 fully saturated rings. The lowest BCUT2D eigenvalue weighted by Crippen LogP contribution is -2.51. The minimum Gasteiger partial charge on any atom is -0.353 e. The van der Waals surface area contributed by atoms with E-state index < -0.39 is 0 Å². The summed E-state index contributed by atoms with van der Waals surface area (Å²) in [5.41, 5.74) is 2.53. The molecule has 1 heterocycles. The van der Waals surface area contributed by atoms with Crippen LogP contribution in [0.4, 0.5) is 0 Å². The zero-order valence-corrected chi connectivity index (χ0v) is 16.8. The van der Waals surface area contributed by atoms with E-state index in [1.54, 1.807) is 0 Å². The highest BCUT2D eigenvalue weighted by molar-refractivity contribution is 6.30. The molecule has 0 aromatic heterocycles. The van der Waals surface area contributed by atoms with Crippen LogP contribution in [0.1, 0.15) is 31.0 Å². The Morgan fingerprint density at radius 3 is 2.15 bits per heavy atom. The maximum absolute atomic E-state index is 12.0. The van der Waals surface area contributed by atoms with Gasteiger partial charge in [-0.25, -0.2) is 0 Å². The van der Waals surface area contributed by atoms with E-state index in [1.807, 2.05) is 32.0 Å². The quantitative estimate of drug-likeness (QED) is 0.825. The molecule has 1 saturated heterocycles. The fourth-order valence-corrected chi connectivity index (χ4v) is 3.77. The lowest BCUT2D eigenvalue weighted by molar-refractivity contribution is -0.123. The highest BCUT2D eigenvalue weighted by Crippen LogP contribution is 2.30. The van der Waals surface area contributed by atoms with E-state index >= 15 is 0 Å². The normalized spacial score (nSPS) is 17.0. The van der Waals surface area contributed by atoms with Crippen LogP contribution in [0.3, 0.4) is 0 Å². The van der Waals surface area contributed by atoms with Crippen molar-refractivity contribution in [3.05, 3.63) is 70.7 Å². The molecule has 4 nitrogen and oxygen atoms in total. The molecule has 2 aromatic carbocycles. The van der Waals surface area contributed by atoms with Crippen LogP contribution in [0.25, 0.3) is 0 Å². The van der Waals surface area contributed by atoms with Crippen molar-refractivity contribution in [3.63, 3.8) is 0 Å². The first kappa shape index (κ1) is 19.9. The van der Waals surface area contributed by atoms with Crippen molar-refractivity contribution in [3.8, 4) is 0 Å². The van der Waals surface area contributed by atoms with Gasteiger partial charge in [0.1, 0.15) is 0 Å². The van der Waals surface area contributed by atoms with E-state index in [0.717, 1.165) is 31.2 Å². The molecular weight excluding hydrogens is 358 g/mol. The number of nitrogens with one attached hydrogen (secondary N) is 1. The van der Waals surface area contributed by atoms with E-state index in [4.69, 9.17) is 11.6 Å². The van der Waals surface area contributed by atoms with Crippen molar-refractivity contribution in [1.29, 1.82) is 0 Å². The van der Waals surface area contributed by atoms with Crippen LogP contribution in [0, 0.1) is 0 Å². The van der Waals surface area contributed by atoms with Crippen molar-refractivity contribution in [2.24, 2.45) is 0 Å². The van der Waals surface area contributed by atoms with Crippen LogP contribution in [-0.2, 0) is 4.79 Å². The number of piperazine rings is 1. The Hall–Kier alpha value is -1.88. The Labute approximate surface area is 167 Å². The minimum absolute atomic E-state index is 0.107. The van der Waals surface area contributed by atoms with Crippen molar-refractivity contribution < 1.29 is 4.79 Å². The molecule has 0 saturated carbocycles. The van der Waals surface area contributed by atoms with Gasteiger partial charge in [-0.3, -0.25) is 14.6 Å². The molecule has 1 aliphatic rings. The van der Waals surface area contributed by atoms with Gasteiger partial charge in [0, 0.05) is 37.2 Å². The summed E-state index contributed by atoms with van der Waals surface area (Å²) >= 11 is 6.09. The minimum atomic E-state index is 0.107. The SMILES string of the molecule is CC(C)NC(=O)CN1CCN([C@@H](c2ccccc2)c2ccc(Cl)cc2)CC1. The summed E-state index contributed by atoms with van der Waals surface area (Å²) in [6.07, 6.45) is 0. The third-order valence-electron chi connectivity index (χ3n) is 4.89. The molecule has 2 aromatic rings.